The number of rotatable bonds is 1. The highest BCUT2D eigenvalue weighted by atomic mass is 16.2. The van der Waals surface area contributed by atoms with Gasteiger partial charge >= 0.3 is 0 Å². The highest BCUT2D eigenvalue weighted by Gasteiger charge is 2.21. The summed E-state index contributed by atoms with van der Waals surface area (Å²) < 4.78 is 0. The number of carbonyl (C=O) groups is 1. The molecule has 1 aliphatic rings. The van der Waals surface area contributed by atoms with Crippen LogP contribution in [0.3, 0.4) is 0 Å². The van der Waals surface area contributed by atoms with Gasteiger partial charge in [0.2, 0.25) is 5.91 Å². The zero-order valence-corrected chi connectivity index (χ0v) is 8.86. The highest BCUT2D eigenvalue weighted by molar-refractivity contribution is 5.98. The maximum Gasteiger partial charge on any atom is 0.231 e. The number of para-hydroxylation sites is 1. The Kier molecular flexibility index (Phi) is 2.58. The molecule has 0 fully saturated rings. The van der Waals surface area contributed by atoms with Crippen molar-refractivity contribution in [1.29, 1.82) is 0 Å². The first-order valence-corrected chi connectivity index (χ1v) is 5.09. The van der Waals surface area contributed by atoms with Gasteiger partial charge in [-0.15, -0.1) is 0 Å². The van der Waals surface area contributed by atoms with E-state index in [4.69, 9.17) is 0 Å². The monoisotopic (exact) mass is 200 g/mol. The fourth-order valence-electron chi connectivity index (χ4n) is 1.82. The van der Waals surface area contributed by atoms with E-state index in [2.05, 4.69) is 13.0 Å². The summed E-state index contributed by atoms with van der Waals surface area (Å²) in [5.74, 6) is 0.150. The standard InChI is InChI=1S/C13H14NO/c1-10(2)9-14-12-6-4-3-5-11(12)7-8-13(14)15/h3-6,9H,1,7-8H2,2H3. The summed E-state index contributed by atoms with van der Waals surface area (Å²) in [7, 11) is 0. The first-order chi connectivity index (χ1) is 7.18. The molecule has 1 aliphatic heterocycles. The van der Waals surface area contributed by atoms with Crippen molar-refractivity contribution >= 4 is 11.6 Å². The molecular weight excluding hydrogens is 186 g/mol. The molecule has 1 heterocycles. The van der Waals surface area contributed by atoms with Crippen LogP contribution in [0.15, 0.2) is 36.0 Å². The fraction of sp³-hybridized carbons (Fsp3) is 0.231. The Balaban J connectivity index is 2.46. The van der Waals surface area contributed by atoms with Crippen molar-refractivity contribution in [3.05, 3.63) is 48.5 Å². The topological polar surface area (TPSA) is 20.3 Å². The minimum absolute atomic E-state index is 0.150. The number of hydrogen-bond acceptors (Lipinski definition) is 1. The molecule has 2 nitrogen and oxygen atoms in total. The van der Waals surface area contributed by atoms with E-state index < -0.39 is 0 Å². The van der Waals surface area contributed by atoms with Crippen molar-refractivity contribution in [3.63, 3.8) is 0 Å². The van der Waals surface area contributed by atoms with E-state index in [9.17, 15) is 4.79 Å². The normalized spacial score (nSPS) is 16.5. The van der Waals surface area contributed by atoms with Crippen LogP contribution in [-0.4, -0.2) is 5.91 Å². The van der Waals surface area contributed by atoms with Crippen LogP contribution in [0.5, 0.6) is 0 Å². The van der Waals surface area contributed by atoms with Gasteiger partial charge < -0.3 is 0 Å². The largest absolute Gasteiger partial charge is 0.288 e. The molecule has 77 valence electrons. The number of fused-ring (bicyclic) bond motifs is 1. The molecule has 0 aliphatic carbocycles. The van der Waals surface area contributed by atoms with Crippen molar-refractivity contribution in [1.82, 2.24) is 0 Å². The van der Waals surface area contributed by atoms with Crippen LogP contribution in [0.1, 0.15) is 18.9 Å². The van der Waals surface area contributed by atoms with E-state index >= 15 is 0 Å². The molecule has 1 aromatic rings. The zero-order chi connectivity index (χ0) is 10.8. The SMILES string of the molecule is [CH2]C(C)=CN1C(=O)CCc2ccccc21. The van der Waals surface area contributed by atoms with Gasteiger partial charge in [-0.2, -0.15) is 0 Å². The molecule has 1 radical (unpaired) electrons. The van der Waals surface area contributed by atoms with Crippen LogP contribution in [-0.2, 0) is 11.2 Å². The summed E-state index contributed by atoms with van der Waals surface area (Å²) in [6.45, 7) is 5.70. The Labute approximate surface area is 90.2 Å². The first-order valence-electron chi connectivity index (χ1n) is 5.09. The Morgan fingerprint density at radius 3 is 2.87 bits per heavy atom. The summed E-state index contributed by atoms with van der Waals surface area (Å²) in [6, 6.07) is 8.01. The second-order valence-electron chi connectivity index (χ2n) is 3.87. The zero-order valence-electron chi connectivity index (χ0n) is 8.86. The number of allylic oxidation sites excluding steroid dienone is 1. The predicted octanol–water partition coefficient (Wildman–Crippen LogP) is 2.70. The Morgan fingerprint density at radius 1 is 1.40 bits per heavy atom. The molecule has 0 bridgehead atoms. The van der Waals surface area contributed by atoms with Gasteiger partial charge in [-0.05, 0) is 31.9 Å². The van der Waals surface area contributed by atoms with Gasteiger partial charge in [-0.3, -0.25) is 9.69 Å². The summed E-state index contributed by atoms with van der Waals surface area (Å²) in [4.78, 5) is 13.5. The smallest absolute Gasteiger partial charge is 0.231 e. The summed E-state index contributed by atoms with van der Waals surface area (Å²) in [5, 5.41) is 0. The molecule has 15 heavy (non-hydrogen) atoms. The maximum absolute atomic E-state index is 11.7. The third-order valence-corrected chi connectivity index (χ3v) is 2.48. The quantitative estimate of drug-likeness (QED) is 0.682. The Hall–Kier alpha value is -1.57. The fourth-order valence-corrected chi connectivity index (χ4v) is 1.82. The van der Waals surface area contributed by atoms with Gasteiger partial charge in [0, 0.05) is 12.6 Å². The Bertz CT molecular complexity index is 416. The molecule has 1 amide bonds. The molecule has 2 heteroatoms. The van der Waals surface area contributed by atoms with E-state index in [1.807, 2.05) is 25.1 Å². The van der Waals surface area contributed by atoms with Crippen LogP contribution in [0.2, 0.25) is 0 Å². The number of hydrogen-bond donors (Lipinski definition) is 0. The van der Waals surface area contributed by atoms with Gasteiger partial charge in [-0.1, -0.05) is 23.8 Å². The molecule has 0 spiro atoms. The van der Waals surface area contributed by atoms with Crippen molar-refractivity contribution in [2.45, 2.75) is 19.8 Å². The van der Waals surface area contributed by atoms with E-state index in [0.29, 0.717) is 6.42 Å². The van der Waals surface area contributed by atoms with Crippen LogP contribution in [0.4, 0.5) is 5.69 Å². The number of benzene rings is 1. The Morgan fingerprint density at radius 2 is 2.13 bits per heavy atom. The van der Waals surface area contributed by atoms with Crippen LogP contribution >= 0.6 is 0 Å². The predicted molar refractivity (Wildman–Crippen MR) is 61.4 cm³/mol. The second-order valence-corrected chi connectivity index (χ2v) is 3.87. The van der Waals surface area contributed by atoms with E-state index in [0.717, 1.165) is 17.7 Å². The minimum atomic E-state index is 0.150. The summed E-state index contributed by atoms with van der Waals surface area (Å²) >= 11 is 0. The highest BCUT2D eigenvalue weighted by Crippen LogP contribution is 2.27. The van der Waals surface area contributed by atoms with Crippen LogP contribution in [0.25, 0.3) is 0 Å². The number of aryl methyl sites for hydroxylation is 1. The van der Waals surface area contributed by atoms with Gasteiger partial charge in [0.15, 0.2) is 0 Å². The van der Waals surface area contributed by atoms with Crippen molar-refractivity contribution in [2.75, 3.05) is 4.90 Å². The van der Waals surface area contributed by atoms with E-state index in [1.54, 1.807) is 11.1 Å². The number of anilines is 1. The van der Waals surface area contributed by atoms with Crippen molar-refractivity contribution in [3.8, 4) is 0 Å². The maximum atomic E-state index is 11.7. The lowest BCUT2D eigenvalue weighted by Gasteiger charge is -2.26. The number of nitrogens with zero attached hydrogens (tertiary/aromatic N) is 1. The molecule has 0 unspecified atom stereocenters. The molecule has 0 aromatic heterocycles. The third kappa shape index (κ3) is 1.94. The van der Waals surface area contributed by atoms with Gasteiger partial charge in [-0.25, -0.2) is 0 Å². The number of carbonyl (C=O) groups excluding carboxylic acids is 1. The average molecular weight is 200 g/mol. The van der Waals surface area contributed by atoms with Gasteiger partial charge in [0.25, 0.3) is 0 Å². The molecule has 1 aromatic carbocycles. The average Bonchev–Trinajstić information content (AvgIpc) is 2.22. The molecule has 0 atom stereocenters. The van der Waals surface area contributed by atoms with Crippen molar-refractivity contribution < 1.29 is 4.79 Å². The molecule has 0 saturated carbocycles. The summed E-state index contributed by atoms with van der Waals surface area (Å²) in [5.41, 5.74) is 3.12. The summed E-state index contributed by atoms with van der Waals surface area (Å²) in [6.07, 6.45) is 3.23. The third-order valence-electron chi connectivity index (χ3n) is 2.48. The lowest BCUT2D eigenvalue weighted by Crippen LogP contribution is -2.30. The molecule has 0 saturated heterocycles. The molecule has 2 rings (SSSR count). The first kappa shape index (κ1) is 9.97. The van der Waals surface area contributed by atoms with Gasteiger partial charge in [0.1, 0.15) is 0 Å². The lowest BCUT2D eigenvalue weighted by atomic mass is 10.0. The molecular formula is C13H14NO. The second kappa shape index (κ2) is 3.89. The number of amides is 1. The van der Waals surface area contributed by atoms with E-state index in [1.165, 1.54) is 5.56 Å². The van der Waals surface area contributed by atoms with Gasteiger partial charge in [0.05, 0.1) is 5.69 Å². The van der Waals surface area contributed by atoms with Crippen molar-refractivity contribution in [2.24, 2.45) is 0 Å². The van der Waals surface area contributed by atoms with E-state index in [-0.39, 0.29) is 5.91 Å². The van der Waals surface area contributed by atoms with Crippen LogP contribution < -0.4 is 4.90 Å². The lowest BCUT2D eigenvalue weighted by molar-refractivity contribution is -0.118. The minimum Gasteiger partial charge on any atom is -0.288 e. The molecule has 0 N–H and O–H groups in total. The van der Waals surface area contributed by atoms with Crippen LogP contribution in [0, 0.1) is 6.92 Å².